The van der Waals surface area contributed by atoms with Crippen LogP contribution in [0.15, 0.2) is 48.8 Å². The van der Waals surface area contributed by atoms with E-state index < -0.39 is 17.7 Å². The molecule has 2 amide bonds. The summed E-state index contributed by atoms with van der Waals surface area (Å²) in [6.07, 6.45) is -1.32. The summed E-state index contributed by atoms with van der Waals surface area (Å²) in [4.78, 5) is 29.7. The molecule has 0 radical (unpaired) electrons. The third-order valence-corrected chi connectivity index (χ3v) is 4.16. The molecular formula is C18H16F3N3O2. The van der Waals surface area contributed by atoms with E-state index in [1.54, 1.807) is 12.1 Å². The Labute approximate surface area is 147 Å². The Hall–Kier alpha value is -2.90. The fourth-order valence-electron chi connectivity index (χ4n) is 2.85. The molecule has 2 heterocycles. The Bertz CT molecular complexity index is 809. The minimum atomic E-state index is -4.43. The molecule has 1 N–H and O–H groups in total. The normalized spacial score (nSPS) is 17.4. The molecule has 0 bridgehead atoms. The Kier molecular flexibility index (Phi) is 4.92. The number of carbonyl (C=O) groups is 2. The van der Waals surface area contributed by atoms with Crippen LogP contribution in [0.2, 0.25) is 0 Å². The first kappa shape index (κ1) is 17.9. The van der Waals surface area contributed by atoms with Gasteiger partial charge < -0.3 is 10.2 Å². The maximum absolute atomic E-state index is 12.8. The first-order chi connectivity index (χ1) is 12.3. The Morgan fingerprint density at radius 1 is 1.23 bits per heavy atom. The van der Waals surface area contributed by atoms with Crippen molar-refractivity contribution >= 4 is 17.5 Å². The number of hydrogen-bond acceptors (Lipinski definition) is 3. The van der Waals surface area contributed by atoms with Crippen LogP contribution in [0, 0.1) is 5.92 Å². The number of likely N-dealkylation sites (tertiary alicyclic amines) is 1. The molecule has 1 aliphatic rings. The standard InChI is InChI=1S/C18H16F3N3O2/c19-18(20,21)14-3-1-2-12(8-14)10-24-11-13(9-16(24)25)17(26)23-15-4-6-22-7-5-15/h1-8,13H,9-11H2,(H,22,23,26). The third-order valence-electron chi connectivity index (χ3n) is 4.16. The molecule has 1 aromatic carbocycles. The topological polar surface area (TPSA) is 62.3 Å². The maximum atomic E-state index is 12.8. The van der Waals surface area contributed by atoms with E-state index in [1.165, 1.54) is 29.4 Å². The first-order valence-electron chi connectivity index (χ1n) is 7.98. The summed E-state index contributed by atoms with van der Waals surface area (Å²) < 4.78 is 38.4. The number of anilines is 1. The predicted molar refractivity (Wildman–Crippen MR) is 87.8 cm³/mol. The number of aromatic nitrogens is 1. The molecule has 1 aromatic heterocycles. The van der Waals surface area contributed by atoms with Crippen LogP contribution in [0.25, 0.3) is 0 Å². The second kappa shape index (κ2) is 7.15. The second-order valence-corrected chi connectivity index (χ2v) is 6.10. The molecule has 0 saturated carbocycles. The summed E-state index contributed by atoms with van der Waals surface area (Å²) in [6.45, 7) is 0.216. The molecule has 1 atom stereocenters. The third kappa shape index (κ3) is 4.19. The van der Waals surface area contributed by atoms with Gasteiger partial charge in [0.25, 0.3) is 0 Å². The molecule has 0 spiro atoms. The highest BCUT2D eigenvalue weighted by molar-refractivity contribution is 5.97. The fraction of sp³-hybridized carbons (Fsp3) is 0.278. The van der Waals surface area contributed by atoms with Gasteiger partial charge in [-0.3, -0.25) is 14.6 Å². The summed E-state index contributed by atoms with van der Waals surface area (Å²) in [5, 5.41) is 2.71. The summed E-state index contributed by atoms with van der Waals surface area (Å²) in [5.74, 6) is -1.09. The highest BCUT2D eigenvalue weighted by Gasteiger charge is 2.35. The molecule has 1 saturated heterocycles. The van der Waals surface area contributed by atoms with Gasteiger partial charge in [0.15, 0.2) is 0 Å². The van der Waals surface area contributed by atoms with Gasteiger partial charge in [-0.05, 0) is 29.8 Å². The molecule has 26 heavy (non-hydrogen) atoms. The first-order valence-corrected chi connectivity index (χ1v) is 7.98. The number of amides is 2. The van der Waals surface area contributed by atoms with E-state index >= 15 is 0 Å². The van der Waals surface area contributed by atoms with Crippen LogP contribution in [0.1, 0.15) is 17.5 Å². The minimum absolute atomic E-state index is 0.0376. The van der Waals surface area contributed by atoms with Crippen molar-refractivity contribution in [2.24, 2.45) is 5.92 Å². The molecule has 2 aromatic rings. The number of carbonyl (C=O) groups excluding carboxylic acids is 2. The van der Waals surface area contributed by atoms with Crippen LogP contribution >= 0.6 is 0 Å². The van der Waals surface area contributed by atoms with Crippen molar-refractivity contribution in [3.8, 4) is 0 Å². The molecular weight excluding hydrogens is 347 g/mol. The quantitative estimate of drug-likeness (QED) is 0.908. The van der Waals surface area contributed by atoms with Gasteiger partial charge in [0, 0.05) is 37.6 Å². The minimum Gasteiger partial charge on any atom is -0.338 e. The van der Waals surface area contributed by atoms with E-state index in [2.05, 4.69) is 10.3 Å². The van der Waals surface area contributed by atoms with Crippen LogP contribution in [0.4, 0.5) is 18.9 Å². The van der Waals surface area contributed by atoms with Gasteiger partial charge >= 0.3 is 6.18 Å². The number of nitrogens with one attached hydrogen (secondary N) is 1. The van der Waals surface area contributed by atoms with Gasteiger partial charge in [0.05, 0.1) is 11.5 Å². The van der Waals surface area contributed by atoms with E-state index in [0.717, 1.165) is 12.1 Å². The molecule has 136 valence electrons. The lowest BCUT2D eigenvalue weighted by Gasteiger charge is -2.17. The molecule has 1 aliphatic heterocycles. The van der Waals surface area contributed by atoms with E-state index in [4.69, 9.17) is 0 Å². The van der Waals surface area contributed by atoms with E-state index in [9.17, 15) is 22.8 Å². The lowest BCUT2D eigenvalue weighted by Crippen LogP contribution is -2.28. The summed E-state index contributed by atoms with van der Waals surface area (Å²) in [5.41, 5.74) is 0.200. The fourth-order valence-corrected chi connectivity index (χ4v) is 2.85. The van der Waals surface area contributed by atoms with E-state index in [1.807, 2.05) is 0 Å². The average Bonchev–Trinajstić information content (AvgIpc) is 2.96. The second-order valence-electron chi connectivity index (χ2n) is 6.10. The van der Waals surface area contributed by atoms with Crippen LogP contribution < -0.4 is 5.32 Å². The van der Waals surface area contributed by atoms with E-state index in [0.29, 0.717) is 11.3 Å². The molecule has 3 rings (SSSR count). The number of rotatable bonds is 4. The van der Waals surface area contributed by atoms with Gasteiger partial charge in [-0.25, -0.2) is 0 Å². The number of pyridine rings is 1. The largest absolute Gasteiger partial charge is 0.416 e. The lowest BCUT2D eigenvalue weighted by molar-refractivity contribution is -0.137. The van der Waals surface area contributed by atoms with Crippen molar-refractivity contribution in [1.82, 2.24) is 9.88 Å². The van der Waals surface area contributed by atoms with Gasteiger partial charge in [0.2, 0.25) is 11.8 Å². The van der Waals surface area contributed by atoms with Gasteiger partial charge in [-0.15, -0.1) is 0 Å². The number of nitrogens with zero attached hydrogens (tertiary/aromatic N) is 2. The number of halogens is 3. The van der Waals surface area contributed by atoms with Crippen LogP contribution in [0.3, 0.4) is 0 Å². The molecule has 1 fully saturated rings. The number of hydrogen-bond donors (Lipinski definition) is 1. The van der Waals surface area contributed by atoms with Crippen molar-refractivity contribution < 1.29 is 22.8 Å². The Morgan fingerprint density at radius 2 is 1.96 bits per heavy atom. The summed E-state index contributed by atoms with van der Waals surface area (Å²) in [6, 6.07) is 8.13. The SMILES string of the molecule is O=C(Nc1ccncc1)C1CC(=O)N(Cc2cccc(C(F)(F)F)c2)C1. The predicted octanol–water partition coefficient (Wildman–Crippen LogP) is 3.09. The summed E-state index contributed by atoms with van der Waals surface area (Å²) in [7, 11) is 0. The molecule has 8 heteroatoms. The van der Waals surface area contributed by atoms with Crippen molar-refractivity contribution in [2.45, 2.75) is 19.1 Å². The zero-order valence-corrected chi connectivity index (χ0v) is 13.7. The van der Waals surface area contributed by atoms with Gasteiger partial charge in [-0.2, -0.15) is 13.2 Å². The smallest absolute Gasteiger partial charge is 0.338 e. The molecule has 1 unspecified atom stereocenters. The van der Waals surface area contributed by atoms with Crippen LogP contribution in [0.5, 0.6) is 0 Å². The van der Waals surface area contributed by atoms with E-state index in [-0.39, 0.29) is 31.3 Å². The van der Waals surface area contributed by atoms with Crippen molar-refractivity contribution in [1.29, 1.82) is 0 Å². The highest BCUT2D eigenvalue weighted by atomic mass is 19.4. The maximum Gasteiger partial charge on any atom is 0.416 e. The van der Waals surface area contributed by atoms with Crippen molar-refractivity contribution in [3.63, 3.8) is 0 Å². The highest BCUT2D eigenvalue weighted by Crippen LogP contribution is 2.30. The lowest BCUT2D eigenvalue weighted by atomic mass is 10.1. The zero-order valence-electron chi connectivity index (χ0n) is 13.7. The Morgan fingerprint density at radius 3 is 2.65 bits per heavy atom. The van der Waals surface area contributed by atoms with Crippen molar-refractivity contribution in [2.75, 3.05) is 11.9 Å². The van der Waals surface area contributed by atoms with Crippen molar-refractivity contribution in [3.05, 3.63) is 59.9 Å². The average molecular weight is 363 g/mol. The van der Waals surface area contributed by atoms with Gasteiger partial charge in [0.1, 0.15) is 0 Å². The van der Waals surface area contributed by atoms with Crippen LogP contribution in [-0.2, 0) is 22.3 Å². The number of benzene rings is 1. The summed E-state index contributed by atoms with van der Waals surface area (Å²) >= 11 is 0. The van der Waals surface area contributed by atoms with Gasteiger partial charge in [-0.1, -0.05) is 12.1 Å². The monoisotopic (exact) mass is 363 g/mol. The molecule has 5 nitrogen and oxygen atoms in total. The number of alkyl halides is 3. The Balaban J connectivity index is 1.64. The zero-order chi connectivity index (χ0) is 18.7. The molecule has 0 aliphatic carbocycles. The van der Waals surface area contributed by atoms with Crippen LogP contribution in [-0.4, -0.2) is 28.2 Å².